The van der Waals surface area contributed by atoms with E-state index in [2.05, 4.69) is 10.1 Å². The Morgan fingerprint density at radius 1 is 1.33 bits per heavy atom. The van der Waals surface area contributed by atoms with Crippen molar-refractivity contribution in [2.24, 2.45) is 11.1 Å². The van der Waals surface area contributed by atoms with Crippen LogP contribution in [0.15, 0.2) is 34.8 Å². The minimum absolute atomic E-state index is 0.0561. The van der Waals surface area contributed by atoms with Crippen LogP contribution in [-0.4, -0.2) is 49.4 Å². The summed E-state index contributed by atoms with van der Waals surface area (Å²) in [5, 5.41) is 7.57. The predicted octanol–water partition coefficient (Wildman–Crippen LogP) is 5.41. The van der Waals surface area contributed by atoms with Crippen molar-refractivity contribution in [3.8, 4) is 0 Å². The van der Waals surface area contributed by atoms with E-state index >= 15 is 0 Å². The van der Waals surface area contributed by atoms with Crippen molar-refractivity contribution in [2.45, 2.75) is 26.7 Å². The van der Waals surface area contributed by atoms with Crippen LogP contribution in [0.5, 0.6) is 0 Å². The lowest BCUT2D eigenvalue weighted by atomic mass is 9.98. The van der Waals surface area contributed by atoms with Crippen molar-refractivity contribution in [1.82, 2.24) is 4.90 Å². The summed E-state index contributed by atoms with van der Waals surface area (Å²) >= 11 is 14.1. The number of rotatable bonds is 8. The summed E-state index contributed by atoms with van der Waals surface area (Å²) in [5.74, 6) is -0.159. The molecule has 2 heterocycles. The van der Waals surface area contributed by atoms with Gasteiger partial charge >= 0.3 is 5.97 Å². The Morgan fingerprint density at radius 2 is 2.17 bits per heavy atom. The van der Waals surface area contributed by atoms with Gasteiger partial charge in [-0.15, -0.1) is 11.3 Å². The van der Waals surface area contributed by atoms with E-state index in [1.807, 2.05) is 31.4 Å². The van der Waals surface area contributed by atoms with E-state index in [9.17, 15) is 4.79 Å². The van der Waals surface area contributed by atoms with Gasteiger partial charge in [0.25, 0.3) is 0 Å². The third-order valence-corrected chi connectivity index (χ3v) is 6.61. The summed E-state index contributed by atoms with van der Waals surface area (Å²) in [6, 6.07) is 7.41. The lowest BCUT2D eigenvalue weighted by Crippen LogP contribution is -2.40. The van der Waals surface area contributed by atoms with Gasteiger partial charge in [0.2, 0.25) is 0 Å². The second-order valence-corrected chi connectivity index (χ2v) is 8.98. The lowest BCUT2D eigenvalue weighted by Gasteiger charge is -2.30. The number of piperidine rings is 1. The first kappa shape index (κ1) is 23.1. The second kappa shape index (κ2) is 11.1. The number of oxime groups is 1. The number of carbonyl (C=O) groups excluding carboxylic acids is 1. The van der Waals surface area contributed by atoms with Gasteiger partial charge in [-0.1, -0.05) is 28.4 Å². The van der Waals surface area contributed by atoms with Crippen molar-refractivity contribution in [1.29, 1.82) is 0 Å². The van der Waals surface area contributed by atoms with Gasteiger partial charge in [0.05, 0.1) is 22.4 Å². The molecule has 162 valence electrons. The molecule has 8 heteroatoms. The molecular formula is C22H26Cl2N2O3S. The summed E-state index contributed by atoms with van der Waals surface area (Å²) < 4.78 is 5.17. The van der Waals surface area contributed by atoms with Crippen LogP contribution in [0.1, 0.15) is 35.8 Å². The van der Waals surface area contributed by atoms with Crippen LogP contribution in [0.3, 0.4) is 0 Å². The highest BCUT2D eigenvalue weighted by molar-refractivity contribution is 7.12. The van der Waals surface area contributed by atoms with Crippen LogP contribution in [0.4, 0.5) is 0 Å². The van der Waals surface area contributed by atoms with Crippen molar-refractivity contribution >= 4 is 46.2 Å². The second-order valence-electron chi connectivity index (χ2n) is 7.22. The summed E-state index contributed by atoms with van der Waals surface area (Å²) in [6.07, 6.45) is 1.86. The average Bonchev–Trinajstić information content (AvgIpc) is 3.15. The van der Waals surface area contributed by atoms with Crippen LogP contribution >= 0.6 is 34.5 Å². The van der Waals surface area contributed by atoms with Crippen molar-refractivity contribution in [3.05, 3.63) is 55.7 Å². The maximum Gasteiger partial charge on any atom is 0.310 e. The Labute approximate surface area is 191 Å². The fraction of sp³-hybridized carbons (Fsp3) is 0.455. The van der Waals surface area contributed by atoms with E-state index in [-0.39, 0.29) is 11.9 Å². The molecule has 0 amide bonds. The standard InChI is InChI=1S/C22H26Cl2N2O3S/c1-3-28-22(27)16-5-4-9-26(14-16)10-11-29-25-20(21-15(2)8-12-30-21)18-7-6-17(23)13-19(18)24/h6-8,12-13,16H,3-5,9-11,14H2,1-2H3/b25-20-/t16-/m1/s1. The number of hydrogen-bond acceptors (Lipinski definition) is 6. The normalized spacial score (nSPS) is 17.7. The monoisotopic (exact) mass is 468 g/mol. The van der Waals surface area contributed by atoms with Crippen molar-refractivity contribution in [2.75, 3.05) is 32.8 Å². The van der Waals surface area contributed by atoms with Gasteiger partial charge in [-0.05, 0) is 68.4 Å². The number of halogens is 2. The summed E-state index contributed by atoms with van der Waals surface area (Å²) in [7, 11) is 0. The number of aryl methyl sites for hydroxylation is 1. The number of esters is 1. The zero-order valence-corrected chi connectivity index (χ0v) is 19.5. The van der Waals surface area contributed by atoms with Crippen LogP contribution < -0.4 is 0 Å². The summed E-state index contributed by atoms with van der Waals surface area (Å²) in [4.78, 5) is 21.0. The average molecular weight is 469 g/mol. The molecule has 3 rings (SSSR count). The van der Waals surface area contributed by atoms with E-state index in [0.717, 1.165) is 35.4 Å². The molecule has 1 aromatic carbocycles. The molecule has 0 aliphatic carbocycles. The molecule has 1 aliphatic heterocycles. The molecule has 5 nitrogen and oxygen atoms in total. The van der Waals surface area contributed by atoms with Crippen molar-refractivity contribution in [3.63, 3.8) is 0 Å². The fourth-order valence-electron chi connectivity index (χ4n) is 3.50. The molecule has 0 N–H and O–H groups in total. The summed E-state index contributed by atoms with van der Waals surface area (Å²) in [6.45, 7) is 7.07. The number of ether oxygens (including phenoxy) is 1. The zero-order valence-electron chi connectivity index (χ0n) is 17.2. The molecule has 0 unspecified atom stereocenters. The molecule has 0 saturated carbocycles. The topological polar surface area (TPSA) is 51.1 Å². The van der Waals surface area contributed by atoms with Gasteiger partial charge in [-0.2, -0.15) is 0 Å². The Morgan fingerprint density at radius 3 is 2.87 bits per heavy atom. The number of carbonyl (C=O) groups is 1. The molecule has 1 aliphatic rings. The molecule has 30 heavy (non-hydrogen) atoms. The molecule has 0 radical (unpaired) electrons. The van der Waals surface area contributed by atoms with Gasteiger partial charge in [0, 0.05) is 23.7 Å². The van der Waals surface area contributed by atoms with Gasteiger partial charge in [0.1, 0.15) is 12.3 Å². The third kappa shape index (κ3) is 5.97. The Kier molecular flexibility index (Phi) is 8.57. The third-order valence-electron chi connectivity index (χ3n) is 5.04. The maximum atomic E-state index is 12.0. The molecule has 1 saturated heterocycles. The molecule has 0 bridgehead atoms. The highest BCUT2D eigenvalue weighted by Crippen LogP contribution is 2.28. The quantitative estimate of drug-likeness (QED) is 0.225. The van der Waals surface area contributed by atoms with Gasteiger partial charge in [-0.3, -0.25) is 9.69 Å². The first-order chi connectivity index (χ1) is 14.5. The van der Waals surface area contributed by atoms with Gasteiger partial charge < -0.3 is 9.57 Å². The molecule has 1 aromatic heterocycles. The van der Waals surface area contributed by atoms with Crippen LogP contribution in [0.2, 0.25) is 10.0 Å². The number of likely N-dealkylation sites (tertiary alicyclic amines) is 1. The maximum absolute atomic E-state index is 12.0. The highest BCUT2D eigenvalue weighted by atomic mass is 35.5. The first-order valence-corrected chi connectivity index (χ1v) is 11.7. The van der Waals surface area contributed by atoms with Crippen LogP contribution in [0, 0.1) is 12.8 Å². The number of thiophene rings is 1. The number of benzene rings is 1. The molecule has 2 aromatic rings. The Bertz CT molecular complexity index is 900. The molecule has 0 spiro atoms. The smallest absolute Gasteiger partial charge is 0.310 e. The fourth-order valence-corrected chi connectivity index (χ4v) is 4.92. The molecule has 1 fully saturated rings. The molecular weight excluding hydrogens is 443 g/mol. The Hall–Kier alpha value is -1.60. The highest BCUT2D eigenvalue weighted by Gasteiger charge is 2.26. The van der Waals surface area contributed by atoms with Crippen LogP contribution in [-0.2, 0) is 14.4 Å². The van der Waals surface area contributed by atoms with E-state index in [1.165, 1.54) is 0 Å². The van der Waals surface area contributed by atoms with Gasteiger partial charge in [-0.25, -0.2) is 0 Å². The van der Waals surface area contributed by atoms with Crippen LogP contribution in [0.25, 0.3) is 0 Å². The predicted molar refractivity (Wildman–Crippen MR) is 123 cm³/mol. The minimum Gasteiger partial charge on any atom is -0.466 e. The largest absolute Gasteiger partial charge is 0.466 e. The summed E-state index contributed by atoms with van der Waals surface area (Å²) in [5.41, 5.74) is 2.60. The minimum atomic E-state index is -0.103. The SMILES string of the molecule is CCOC(=O)[C@@H]1CCCN(CCO/N=C(/c2ccc(Cl)cc2Cl)c2sccc2C)C1. The van der Waals surface area contributed by atoms with E-state index in [0.29, 0.717) is 42.1 Å². The lowest BCUT2D eigenvalue weighted by molar-refractivity contribution is -0.150. The van der Waals surface area contributed by atoms with E-state index in [1.54, 1.807) is 23.5 Å². The number of nitrogens with zero attached hydrogens (tertiary/aromatic N) is 2. The first-order valence-electron chi connectivity index (χ1n) is 10.1. The number of hydrogen-bond donors (Lipinski definition) is 0. The van der Waals surface area contributed by atoms with Crippen molar-refractivity contribution < 1.29 is 14.4 Å². The van der Waals surface area contributed by atoms with Gasteiger partial charge in [0.15, 0.2) is 0 Å². The molecule has 1 atom stereocenters. The van der Waals surface area contributed by atoms with E-state index < -0.39 is 0 Å². The zero-order chi connectivity index (χ0) is 21.5. The van der Waals surface area contributed by atoms with E-state index in [4.69, 9.17) is 32.8 Å². The Balaban J connectivity index is 1.65.